The lowest BCUT2D eigenvalue weighted by Crippen LogP contribution is -2.49. The minimum absolute atomic E-state index is 0.171. The van der Waals surface area contributed by atoms with Crippen LogP contribution in [0.1, 0.15) is 42.5 Å². The molecule has 1 aromatic carbocycles. The summed E-state index contributed by atoms with van der Waals surface area (Å²) in [6.07, 6.45) is -0.977. The molecule has 1 amide bonds. The van der Waals surface area contributed by atoms with Crippen molar-refractivity contribution in [2.45, 2.75) is 49.8 Å². The number of aliphatic hydroxyl groups is 1. The molecular weight excluding hydrogens is 419 g/mol. The van der Waals surface area contributed by atoms with Crippen molar-refractivity contribution >= 4 is 34.2 Å². The van der Waals surface area contributed by atoms with Crippen LogP contribution in [0.5, 0.6) is 0 Å². The highest BCUT2D eigenvalue weighted by atomic mass is 35.5. The number of pyridine rings is 1. The summed E-state index contributed by atoms with van der Waals surface area (Å²) >= 11 is 6.25. The summed E-state index contributed by atoms with van der Waals surface area (Å²) in [5.41, 5.74) is -0.963. The lowest BCUT2D eigenvalue weighted by atomic mass is 9.82. The summed E-state index contributed by atoms with van der Waals surface area (Å²) in [5.74, 6) is -2.88. The smallest absolute Gasteiger partial charge is 0.253 e. The van der Waals surface area contributed by atoms with Crippen LogP contribution in [-0.4, -0.2) is 53.3 Å². The van der Waals surface area contributed by atoms with Crippen LogP contribution in [0.15, 0.2) is 24.3 Å². The van der Waals surface area contributed by atoms with Gasteiger partial charge in [0.2, 0.25) is 0 Å². The Morgan fingerprint density at radius 2 is 2.10 bits per heavy atom. The molecule has 2 N–H and O–H groups in total. The molecule has 2 fully saturated rings. The Hall–Kier alpha value is -2.06. The minimum atomic E-state index is -2.94. The molecule has 1 saturated heterocycles. The van der Waals surface area contributed by atoms with Gasteiger partial charge in [-0.15, -0.1) is 0 Å². The number of hydrogen-bond acceptors (Lipinski definition) is 4. The summed E-state index contributed by atoms with van der Waals surface area (Å²) in [6.45, 7) is 0.567. The third kappa shape index (κ3) is 4.34. The SMILES string of the molecule is O=C(NCC1(O)CCCC(F)(F)C1)c1c(Cl)ccc2nc(N3CC[C@H](F)C3)ccc12. The lowest BCUT2D eigenvalue weighted by molar-refractivity contribution is -0.121. The van der Waals surface area contributed by atoms with Crippen LogP contribution >= 0.6 is 11.6 Å². The van der Waals surface area contributed by atoms with E-state index in [1.54, 1.807) is 24.3 Å². The zero-order valence-corrected chi connectivity index (χ0v) is 17.1. The molecule has 9 heteroatoms. The number of benzene rings is 1. The fourth-order valence-electron chi connectivity index (χ4n) is 4.32. The Balaban J connectivity index is 1.55. The molecule has 30 heavy (non-hydrogen) atoms. The third-order valence-corrected chi connectivity index (χ3v) is 6.15. The highest BCUT2D eigenvalue weighted by molar-refractivity contribution is 6.35. The summed E-state index contributed by atoms with van der Waals surface area (Å²) in [7, 11) is 0. The van der Waals surface area contributed by atoms with Crippen molar-refractivity contribution in [3.63, 3.8) is 0 Å². The van der Waals surface area contributed by atoms with E-state index < -0.39 is 30.0 Å². The lowest BCUT2D eigenvalue weighted by Gasteiger charge is -2.36. The predicted molar refractivity (Wildman–Crippen MR) is 109 cm³/mol. The zero-order valence-electron chi connectivity index (χ0n) is 16.3. The van der Waals surface area contributed by atoms with Gasteiger partial charge in [-0.3, -0.25) is 4.79 Å². The quantitative estimate of drug-likeness (QED) is 0.749. The average molecular weight is 442 g/mol. The maximum Gasteiger partial charge on any atom is 0.253 e. The van der Waals surface area contributed by atoms with Gasteiger partial charge in [0.25, 0.3) is 11.8 Å². The van der Waals surface area contributed by atoms with Crippen molar-refractivity contribution in [2.24, 2.45) is 0 Å². The molecule has 2 aromatic rings. The van der Waals surface area contributed by atoms with Crippen LogP contribution in [0.2, 0.25) is 5.02 Å². The number of carbonyl (C=O) groups is 1. The molecule has 4 rings (SSSR count). The van der Waals surface area contributed by atoms with Gasteiger partial charge >= 0.3 is 0 Å². The number of alkyl halides is 3. The Kier molecular flexibility index (Phi) is 5.57. The Morgan fingerprint density at radius 1 is 1.30 bits per heavy atom. The van der Waals surface area contributed by atoms with Crippen molar-refractivity contribution in [1.82, 2.24) is 10.3 Å². The molecule has 162 valence electrons. The minimum Gasteiger partial charge on any atom is -0.388 e. The molecule has 0 bridgehead atoms. The molecule has 1 aliphatic heterocycles. The number of halogens is 4. The molecule has 1 unspecified atom stereocenters. The van der Waals surface area contributed by atoms with Crippen molar-refractivity contribution in [2.75, 3.05) is 24.5 Å². The second kappa shape index (κ2) is 7.89. The van der Waals surface area contributed by atoms with E-state index in [-0.39, 0.29) is 42.9 Å². The first-order valence-electron chi connectivity index (χ1n) is 10.0. The number of aromatic nitrogens is 1. The van der Waals surface area contributed by atoms with Crippen molar-refractivity contribution in [3.05, 3.63) is 34.9 Å². The van der Waals surface area contributed by atoms with E-state index in [0.717, 1.165) is 0 Å². The molecule has 5 nitrogen and oxygen atoms in total. The molecule has 2 aliphatic rings. The zero-order chi connectivity index (χ0) is 21.5. The number of nitrogens with zero attached hydrogens (tertiary/aromatic N) is 2. The highest BCUT2D eigenvalue weighted by Gasteiger charge is 2.44. The second-order valence-corrected chi connectivity index (χ2v) is 8.69. The van der Waals surface area contributed by atoms with Gasteiger partial charge in [0, 0.05) is 31.3 Å². The Labute approximate surface area is 177 Å². The van der Waals surface area contributed by atoms with Gasteiger partial charge in [0.1, 0.15) is 12.0 Å². The number of nitrogens with one attached hydrogen (secondary N) is 1. The number of hydrogen-bond donors (Lipinski definition) is 2. The fraction of sp³-hybridized carbons (Fsp3) is 0.524. The maximum absolute atomic E-state index is 13.7. The predicted octanol–water partition coefficient (Wildman–Crippen LogP) is 4.11. The summed E-state index contributed by atoms with van der Waals surface area (Å²) < 4.78 is 40.9. The molecular formula is C21H23ClF3N3O2. The molecule has 2 heterocycles. The number of carbonyl (C=O) groups excluding carboxylic acids is 1. The van der Waals surface area contributed by atoms with Crippen LogP contribution in [-0.2, 0) is 0 Å². The maximum atomic E-state index is 13.7. The van der Waals surface area contributed by atoms with E-state index >= 15 is 0 Å². The summed E-state index contributed by atoms with van der Waals surface area (Å²) in [4.78, 5) is 19.2. The fourth-order valence-corrected chi connectivity index (χ4v) is 4.57. The normalized spacial score (nSPS) is 26.2. The number of fused-ring (bicyclic) bond motifs is 1. The van der Waals surface area contributed by atoms with E-state index in [1.807, 2.05) is 4.90 Å². The van der Waals surface area contributed by atoms with Crippen molar-refractivity contribution in [1.29, 1.82) is 0 Å². The molecule has 1 saturated carbocycles. The first-order valence-corrected chi connectivity index (χ1v) is 10.4. The molecule has 0 radical (unpaired) electrons. The Morgan fingerprint density at radius 3 is 2.80 bits per heavy atom. The Bertz CT molecular complexity index is 974. The molecule has 1 aromatic heterocycles. The highest BCUT2D eigenvalue weighted by Crippen LogP contribution is 2.39. The number of rotatable bonds is 4. The van der Waals surface area contributed by atoms with Gasteiger partial charge in [-0.25, -0.2) is 18.2 Å². The van der Waals surface area contributed by atoms with Crippen LogP contribution in [0, 0.1) is 0 Å². The van der Waals surface area contributed by atoms with Gasteiger partial charge in [0.05, 0.1) is 28.2 Å². The van der Waals surface area contributed by atoms with Gasteiger partial charge in [-0.2, -0.15) is 0 Å². The number of anilines is 1. The van der Waals surface area contributed by atoms with Crippen molar-refractivity contribution in [3.8, 4) is 0 Å². The second-order valence-electron chi connectivity index (χ2n) is 8.28. The van der Waals surface area contributed by atoms with Crippen molar-refractivity contribution < 1.29 is 23.1 Å². The summed E-state index contributed by atoms with van der Waals surface area (Å²) in [6, 6.07) is 6.63. The summed E-state index contributed by atoms with van der Waals surface area (Å²) in [5, 5.41) is 13.7. The molecule has 2 atom stereocenters. The largest absolute Gasteiger partial charge is 0.388 e. The van der Waals surface area contributed by atoms with Gasteiger partial charge in [-0.1, -0.05) is 11.6 Å². The van der Waals surface area contributed by atoms with E-state index in [0.29, 0.717) is 29.7 Å². The van der Waals surface area contributed by atoms with E-state index in [4.69, 9.17) is 11.6 Å². The third-order valence-electron chi connectivity index (χ3n) is 5.84. The van der Waals surface area contributed by atoms with Crippen LogP contribution in [0.4, 0.5) is 19.0 Å². The standard InChI is InChI=1S/C21H23ClF3N3O2/c22-15-3-4-16-14(2-5-17(27-16)28-9-6-13(23)10-28)18(15)19(29)26-12-20(30)7-1-8-21(24,25)11-20/h2-5,13,30H,1,6-12H2,(H,26,29)/t13-,20?/m0/s1. The van der Waals surface area contributed by atoms with Crippen LogP contribution < -0.4 is 10.2 Å². The van der Waals surface area contributed by atoms with Crippen LogP contribution in [0.25, 0.3) is 10.9 Å². The average Bonchev–Trinajstić information content (AvgIpc) is 3.11. The van der Waals surface area contributed by atoms with E-state index in [9.17, 15) is 23.1 Å². The van der Waals surface area contributed by atoms with Crippen LogP contribution in [0.3, 0.4) is 0 Å². The van der Waals surface area contributed by atoms with E-state index in [1.165, 1.54) is 0 Å². The van der Waals surface area contributed by atoms with Gasteiger partial charge in [0.15, 0.2) is 0 Å². The number of amides is 1. The van der Waals surface area contributed by atoms with Gasteiger partial charge in [-0.05, 0) is 43.5 Å². The van der Waals surface area contributed by atoms with E-state index in [2.05, 4.69) is 10.3 Å². The van der Waals surface area contributed by atoms with Gasteiger partial charge < -0.3 is 15.3 Å². The molecule has 0 spiro atoms. The molecule has 1 aliphatic carbocycles. The topological polar surface area (TPSA) is 65.5 Å². The first kappa shape index (κ1) is 21.2. The monoisotopic (exact) mass is 441 g/mol. The first-order chi connectivity index (χ1) is 14.2.